The molecular formula is C23H27N5O3S. The van der Waals surface area contributed by atoms with Gasteiger partial charge in [0.1, 0.15) is 29.7 Å². The van der Waals surface area contributed by atoms with Crippen LogP contribution < -0.4 is 20.6 Å². The number of amides is 1. The van der Waals surface area contributed by atoms with Crippen molar-refractivity contribution in [2.45, 2.75) is 33.1 Å². The number of rotatable bonds is 10. The van der Waals surface area contributed by atoms with E-state index in [1.165, 1.54) is 22.5 Å². The first-order chi connectivity index (χ1) is 15.4. The van der Waals surface area contributed by atoms with Crippen LogP contribution >= 0.6 is 11.3 Å². The molecule has 1 heterocycles. The molecule has 3 aromatic rings. The van der Waals surface area contributed by atoms with Crippen LogP contribution in [0.25, 0.3) is 0 Å². The Kier molecular flexibility index (Phi) is 8.15. The molecule has 0 aliphatic rings. The molecule has 0 spiro atoms. The lowest BCUT2D eigenvalue weighted by Crippen LogP contribution is -2.19. The van der Waals surface area contributed by atoms with Crippen LogP contribution in [0.15, 0.2) is 47.6 Å². The second kappa shape index (κ2) is 11.2. The maximum atomic E-state index is 11.8. The molecule has 0 unspecified atom stereocenters. The van der Waals surface area contributed by atoms with Crippen LogP contribution in [0, 0.1) is 6.92 Å². The van der Waals surface area contributed by atoms with E-state index in [1.807, 2.05) is 24.3 Å². The van der Waals surface area contributed by atoms with E-state index in [0.29, 0.717) is 29.3 Å². The smallest absolute Gasteiger partial charge is 0.247 e. The lowest BCUT2D eigenvalue weighted by Gasteiger charge is -2.15. The molecule has 2 aromatic carbocycles. The van der Waals surface area contributed by atoms with E-state index in [9.17, 15) is 4.79 Å². The van der Waals surface area contributed by atoms with Gasteiger partial charge in [0.05, 0.1) is 12.6 Å². The van der Waals surface area contributed by atoms with Gasteiger partial charge in [-0.3, -0.25) is 4.79 Å². The number of hydrogen-bond acceptors (Lipinski definition) is 8. The predicted octanol–water partition coefficient (Wildman–Crippen LogP) is 3.70. The van der Waals surface area contributed by atoms with Crippen molar-refractivity contribution < 1.29 is 14.3 Å². The van der Waals surface area contributed by atoms with Crippen molar-refractivity contribution in [1.82, 2.24) is 15.6 Å². The molecule has 3 rings (SSSR count). The van der Waals surface area contributed by atoms with Crippen LogP contribution in [0.4, 0.5) is 5.13 Å². The SMILES string of the molecule is Cc1ccc(C(C)C)c(OCCOc2ccc(/C=N\NC(=O)Cc3nnc(N)s3)cc2)c1. The van der Waals surface area contributed by atoms with E-state index in [4.69, 9.17) is 15.2 Å². The molecule has 0 fully saturated rings. The van der Waals surface area contributed by atoms with Crippen LogP contribution in [0.2, 0.25) is 0 Å². The maximum Gasteiger partial charge on any atom is 0.247 e. The largest absolute Gasteiger partial charge is 0.490 e. The number of nitrogens with two attached hydrogens (primary N) is 1. The highest BCUT2D eigenvalue weighted by atomic mass is 32.1. The number of carbonyl (C=O) groups excluding carboxylic acids is 1. The third-order valence-electron chi connectivity index (χ3n) is 4.48. The number of aromatic nitrogens is 2. The number of anilines is 1. The predicted molar refractivity (Wildman–Crippen MR) is 126 cm³/mol. The zero-order valence-electron chi connectivity index (χ0n) is 18.4. The van der Waals surface area contributed by atoms with E-state index in [1.54, 1.807) is 6.21 Å². The fraction of sp³-hybridized carbons (Fsp3) is 0.304. The molecule has 8 nitrogen and oxygen atoms in total. The van der Waals surface area contributed by atoms with E-state index >= 15 is 0 Å². The van der Waals surface area contributed by atoms with Gasteiger partial charge in [-0.05, 0) is 59.9 Å². The van der Waals surface area contributed by atoms with Gasteiger partial charge in [0, 0.05) is 0 Å². The molecule has 0 saturated carbocycles. The molecule has 32 heavy (non-hydrogen) atoms. The zero-order valence-corrected chi connectivity index (χ0v) is 19.2. The van der Waals surface area contributed by atoms with Gasteiger partial charge in [-0.25, -0.2) is 5.43 Å². The summed E-state index contributed by atoms with van der Waals surface area (Å²) in [5.41, 5.74) is 11.1. The summed E-state index contributed by atoms with van der Waals surface area (Å²) in [5, 5.41) is 12.3. The maximum absolute atomic E-state index is 11.8. The van der Waals surface area contributed by atoms with Crippen molar-refractivity contribution in [1.29, 1.82) is 0 Å². The van der Waals surface area contributed by atoms with E-state index in [2.05, 4.69) is 59.7 Å². The number of hydrazone groups is 1. The lowest BCUT2D eigenvalue weighted by atomic mass is 10.0. The molecule has 0 saturated heterocycles. The molecule has 1 amide bonds. The summed E-state index contributed by atoms with van der Waals surface area (Å²) in [6.45, 7) is 7.25. The fourth-order valence-corrected chi connectivity index (χ4v) is 3.51. The highest BCUT2D eigenvalue weighted by molar-refractivity contribution is 7.15. The van der Waals surface area contributed by atoms with Crippen molar-refractivity contribution in [2.75, 3.05) is 18.9 Å². The monoisotopic (exact) mass is 453 g/mol. The Morgan fingerprint density at radius 3 is 2.59 bits per heavy atom. The van der Waals surface area contributed by atoms with Gasteiger partial charge in [0.2, 0.25) is 11.0 Å². The van der Waals surface area contributed by atoms with Crippen LogP contribution in [0.1, 0.15) is 41.5 Å². The van der Waals surface area contributed by atoms with Gasteiger partial charge in [0.25, 0.3) is 0 Å². The van der Waals surface area contributed by atoms with Crippen molar-refractivity contribution in [3.63, 3.8) is 0 Å². The standard InChI is InChI=1S/C23H27N5O3S/c1-15(2)19-9-4-16(3)12-20(19)31-11-10-30-18-7-5-17(6-8-18)14-25-26-21(29)13-22-27-28-23(24)32-22/h4-9,12,14-15H,10-11,13H2,1-3H3,(H2,24,28)(H,26,29)/b25-14-. The van der Waals surface area contributed by atoms with Crippen molar-refractivity contribution >= 4 is 28.6 Å². The first-order valence-corrected chi connectivity index (χ1v) is 11.1. The number of ether oxygens (including phenoxy) is 2. The highest BCUT2D eigenvalue weighted by Crippen LogP contribution is 2.27. The Labute approximate surface area is 191 Å². The Morgan fingerprint density at radius 1 is 1.16 bits per heavy atom. The molecule has 9 heteroatoms. The third-order valence-corrected chi connectivity index (χ3v) is 5.23. The minimum absolute atomic E-state index is 0.0856. The van der Waals surface area contributed by atoms with Crippen LogP contribution in [-0.4, -0.2) is 35.5 Å². The van der Waals surface area contributed by atoms with E-state index in [0.717, 1.165) is 17.1 Å². The van der Waals surface area contributed by atoms with Gasteiger partial charge >= 0.3 is 0 Å². The quantitative estimate of drug-likeness (QED) is 0.275. The van der Waals surface area contributed by atoms with Gasteiger partial charge in [-0.2, -0.15) is 5.10 Å². The Balaban J connectivity index is 1.41. The summed E-state index contributed by atoms with van der Waals surface area (Å²) in [5.74, 6) is 1.75. The number of hydrogen-bond donors (Lipinski definition) is 2. The molecule has 0 radical (unpaired) electrons. The van der Waals surface area contributed by atoms with Gasteiger partial charge < -0.3 is 15.2 Å². The number of nitrogens with one attached hydrogen (secondary N) is 1. The Hall–Kier alpha value is -3.46. The second-order valence-electron chi connectivity index (χ2n) is 7.47. The summed E-state index contributed by atoms with van der Waals surface area (Å²) in [6.07, 6.45) is 1.65. The van der Waals surface area contributed by atoms with Crippen molar-refractivity contribution in [3.8, 4) is 11.5 Å². The number of carbonyl (C=O) groups is 1. The van der Waals surface area contributed by atoms with Crippen LogP contribution in [0.3, 0.4) is 0 Å². The molecule has 0 bridgehead atoms. The van der Waals surface area contributed by atoms with Crippen LogP contribution in [-0.2, 0) is 11.2 Å². The topological polar surface area (TPSA) is 112 Å². The summed E-state index contributed by atoms with van der Waals surface area (Å²) >= 11 is 1.18. The van der Waals surface area contributed by atoms with Crippen molar-refractivity contribution in [3.05, 3.63) is 64.2 Å². The van der Waals surface area contributed by atoms with Gasteiger partial charge in [0.15, 0.2) is 0 Å². The molecule has 168 valence electrons. The summed E-state index contributed by atoms with van der Waals surface area (Å²) in [7, 11) is 0. The van der Waals surface area contributed by atoms with Crippen molar-refractivity contribution in [2.24, 2.45) is 5.10 Å². The summed E-state index contributed by atoms with van der Waals surface area (Å²) < 4.78 is 11.7. The normalized spacial score (nSPS) is 11.1. The first-order valence-electron chi connectivity index (χ1n) is 10.3. The van der Waals surface area contributed by atoms with E-state index < -0.39 is 0 Å². The van der Waals surface area contributed by atoms with Gasteiger partial charge in [-0.1, -0.05) is 37.3 Å². The molecule has 3 N–H and O–H groups in total. The molecule has 0 aliphatic heterocycles. The number of benzene rings is 2. The summed E-state index contributed by atoms with van der Waals surface area (Å²) in [6, 6.07) is 13.7. The third kappa shape index (κ3) is 7.05. The average molecular weight is 454 g/mol. The Morgan fingerprint density at radius 2 is 1.91 bits per heavy atom. The molecular weight excluding hydrogens is 426 g/mol. The Bertz CT molecular complexity index is 1060. The number of aryl methyl sites for hydroxylation is 1. The fourth-order valence-electron chi connectivity index (χ4n) is 2.90. The number of nitrogen functional groups attached to an aromatic ring is 1. The number of nitrogens with zero attached hydrogens (tertiary/aromatic N) is 3. The first kappa shape index (κ1) is 23.2. The molecule has 1 aromatic heterocycles. The highest BCUT2D eigenvalue weighted by Gasteiger charge is 2.08. The van der Waals surface area contributed by atoms with Gasteiger partial charge in [-0.15, -0.1) is 10.2 Å². The molecule has 0 atom stereocenters. The minimum atomic E-state index is -0.286. The average Bonchev–Trinajstić information content (AvgIpc) is 3.16. The molecule has 0 aliphatic carbocycles. The second-order valence-corrected chi connectivity index (χ2v) is 8.56. The zero-order chi connectivity index (χ0) is 22.9. The van der Waals surface area contributed by atoms with Crippen LogP contribution in [0.5, 0.6) is 11.5 Å². The summed E-state index contributed by atoms with van der Waals surface area (Å²) in [4.78, 5) is 11.8. The van der Waals surface area contributed by atoms with E-state index in [-0.39, 0.29) is 12.3 Å². The lowest BCUT2D eigenvalue weighted by molar-refractivity contribution is -0.120. The minimum Gasteiger partial charge on any atom is -0.490 e.